The summed E-state index contributed by atoms with van der Waals surface area (Å²) in [6, 6.07) is 1.45. The fraction of sp³-hybridized carbons (Fsp3) is 1.00. The zero-order chi connectivity index (χ0) is 12.0. The lowest BCUT2D eigenvalue weighted by Crippen LogP contribution is -2.42. The summed E-state index contributed by atoms with van der Waals surface area (Å²) >= 11 is 0. The summed E-state index contributed by atoms with van der Waals surface area (Å²) in [5.74, 6) is 0. The first-order chi connectivity index (χ1) is 7.63. The van der Waals surface area contributed by atoms with Gasteiger partial charge in [0.05, 0.1) is 0 Å². The summed E-state index contributed by atoms with van der Waals surface area (Å²) in [5, 5.41) is 3.58. The van der Waals surface area contributed by atoms with Crippen molar-refractivity contribution >= 4 is 0 Å². The number of rotatable bonds is 7. The fourth-order valence-electron chi connectivity index (χ4n) is 2.42. The third-order valence-corrected chi connectivity index (χ3v) is 3.58. The van der Waals surface area contributed by atoms with Crippen LogP contribution in [-0.2, 0) is 0 Å². The van der Waals surface area contributed by atoms with Crippen LogP contribution in [0.15, 0.2) is 0 Å². The van der Waals surface area contributed by atoms with Gasteiger partial charge in [-0.25, -0.2) is 0 Å². The Morgan fingerprint density at radius 1 is 1.44 bits per heavy atom. The van der Waals surface area contributed by atoms with Gasteiger partial charge in [-0.2, -0.15) is 0 Å². The zero-order valence-corrected chi connectivity index (χ0v) is 11.5. The maximum absolute atomic E-state index is 3.58. The Morgan fingerprint density at radius 2 is 2.19 bits per heavy atom. The maximum Gasteiger partial charge on any atom is 0.0223 e. The standard InChI is InChI=1S/C13H29N3/c1-5-12(2)14-8-10-16-9-6-7-13(16)11-15(3)4/h12-14H,5-11H2,1-4H3. The van der Waals surface area contributed by atoms with Crippen LogP contribution in [0.1, 0.15) is 33.1 Å². The van der Waals surface area contributed by atoms with Gasteiger partial charge in [-0.05, 0) is 46.8 Å². The molecule has 16 heavy (non-hydrogen) atoms. The van der Waals surface area contributed by atoms with E-state index in [4.69, 9.17) is 0 Å². The molecule has 0 aliphatic carbocycles. The van der Waals surface area contributed by atoms with E-state index in [0.717, 1.165) is 12.6 Å². The van der Waals surface area contributed by atoms with Crippen molar-refractivity contribution in [1.82, 2.24) is 15.1 Å². The van der Waals surface area contributed by atoms with Crippen molar-refractivity contribution in [2.24, 2.45) is 0 Å². The summed E-state index contributed by atoms with van der Waals surface area (Å²) in [7, 11) is 4.35. The van der Waals surface area contributed by atoms with Gasteiger partial charge in [0, 0.05) is 31.7 Å². The lowest BCUT2D eigenvalue weighted by Gasteiger charge is -2.27. The molecule has 0 aromatic heterocycles. The minimum Gasteiger partial charge on any atom is -0.313 e. The fourth-order valence-corrected chi connectivity index (χ4v) is 2.42. The third kappa shape index (κ3) is 4.81. The van der Waals surface area contributed by atoms with Gasteiger partial charge in [0.25, 0.3) is 0 Å². The molecular weight excluding hydrogens is 198 g/mol. The smallest absolute Gasteiger partial charge is 0.0223 e. The summed E-state index contributed by atoms with van der Waals surface area (Å²) in [6.07, 6.45) is 3.98. The molecule has 1 saturated heterocycles. The number of likely N-dealkylation sites (tertiary alicyclic amines) is 1. The van der Waals surface area contributed by atoms with Gasteiger partial charge < -0.3 is 10.2 Å². The first-order valence-electron chi connectivity index (χ1n) is 6.75. The molecule has 1 heterocycles. The van der Waals surface area contributed by atoms with Gasteiger partial charge in [0.2, 0.25) is 0 Å². The second-order valence-electron chi connectivity index (χ2n) is 5.36. The Morgan fingerprint density at radius 3 is 2.81 bits per heavy atom. The highest BCUT2D eigenvalue weighted by Crippen LogP contribution is 2.16. The monoisotopic (exact) mass is 227 g/mol. The molecule has 1 aliphatic rings. The second kappa shape index (κ2) is 7.25. The number of hydrogen-bond donors (Lipinski definition) is 1. The Hall–Kier alpha value is -0.120. The molecule has 0 aromatic carbocycles. The SMILES string of the molecule is CCC(C)NCCN1CCCC1CN(C)C. The minimum atomic E-state index is 0.662. The molecule has 0 bridgehead atoms. The van der Waals surface area contributed by atoms with Crippen molar-refractivity contribution in [2.75, 3.05) is 40.3 Å². The van der Waals surface area contributed by atoms with Gasteiger partial charge in [0.1, 0.15) is 0 Å². The van der Waals surface area contributed by atoms with Gasteiger partial charge in [0.15, 0.2) is 0 Å². The molecule has 1 aliphatic heterocycles. The predicted octanol–water partition coefficient (Wildman–Crippen LogP) is 1.40. The minimum absolute atomic E-state index is 0.662. The van der Waals surface area contributed by atoms with Gasteiger partial charge in [-0.3, -0.25) is 4.90 Å². The molecular formula is C13H29N3. The largest absolute Gasteiger partial charge is 0.313 e. The second-order valence-corrected chi connectivity index (χ2v) is 5.36. The van der Waals surface area contributed by atoms with Crippen LogP contribution in [0.5, 0.6) is 0 Å². The molecule has 3 heteroatoms. The average molecular weight is 227 g/mol. The molecule has 0 saturated carbocycles. The topological polar surface area (TPSA) is 18.5 Å². The van der Waals surface area contributed by atoms with Crippen molar-refractivity contribution in [2.45, 2.75) is 45.2 Å². The van der Waals surface area contributed by atoms with Crippen molar-refractivity contribution in [1.29, 1.82) is 0 Å². The molecule has 96 valence electrons. The Labute approximate surface area is 101 Å². The zero-order valence-electron chi connectivity index (χ0n) is 11.5. The predicted molar refractivity (Wildman–Crippen MR) is 70.9 cm³/mol. The van der Waals surface area contributed by atoms with Crippen molar-refractivity contribution in [3.05, 3.63) is 0 Å². The molecule has 1 N–H and O–H groups in total. The number of hydrogen-bond acceptors (Lipinski definition) is 3. The lowest BCUT2D eigenvalue weighted by molar-refractivity contribution is 0.206. The van der Waals surface area contributed by atoms with Crippen LogP contribution in [0.3, 0.4) is 0 Å². The first-order valence-corrected chi connectivity index (χ1v) is 6.75. The number of likely N-dealkylation sites (N-methyl/N-ethyl adjacent to an activating group) is 1. The van der Waals surface area contributed by atoms with E-state index in [2.05, 4.69) is 43.1 Å². The van der Waals surface area contributed by atoms with Gasteiger partial charge in [-0.1, -0.05) is 6.92 Å². The molecule has 2 atom stereocenters. The van der Waals surface area contributed by atoms with Gasteiger partial charge >= 0.3 is 0 Å². The van der Waals surface area contributed by atoms with Crippen LogP contribution in [0.4, 0.5) is 0 Å². The first kappa shape index (κ1) is 13.9. The van der Waals surface area contributed by atoms with Crippen LogP contribution in [0.2, 0.25) is 0 Å². The maximum atomic E-state index is 3.58. The van der Waals surface area contributed by atoms with E-state index in [0.29, 0.717) is 6.04 Å². The van der Waals surface area contributed by atoms with Crippen molar-refractivity contribution in [3.8, 4) is 0 Å². The molecule has 1 fully saturated rings. The molecule has 0 radical (unpaired) electrons. The van der Waals surface area contributed by atoms with E-state index >= 15 is 0 Å². The normalized spacial score (nSPS) is 24.2. The molecule has 2 unspecified atom stereocenters. The van der Waals surface area contributed by atoms with Crippen LogP contribution in [0, 0.1) is 0 Å². The van der Waals surface area contributed by atoms with Crippen LogP contribution < -0.4 is 5.32 Å². The van der Waals surface area contributed by atoms with E-state index in [-0.39, 0.29) is 0 Å². The Balaban J connectivity index is 2.19. The number of nitrogens with one attached hydrogen (secondary N) is 1. The van der Waals surface area contributed by atoms with E-state index in [9.17, 15) is 0 Å². The molecule has 3 nitrogen and oxygen atoms in total. The van der Waals surface area contributed by atoms with Crippen LogP contribution in [0.25, 0.3) is 0 Å². The summed E-state index contributed by atoms with van der Waals surface area (Å²) in [6.45, 7) is 9.36. The Kier molecular flexibility index (Phi) is 6.32. The van der Waals surface area contributed by atoms with Crippen molar-refractivity contribution < 1.29 is 0 Å². The highest BCUT2D eigenvalue weighted by Gasteiger charge is 2.24. The van der Waals surface area contributed by atoms with E-state index < -0.39 is 0 Å². The summed E-state index contributed by atoms with van der Waals surface area (Å²) in [4.78, 5) is 4.96. The lowest BCUT2D eigenvalue weighted by atomic mass is 10.2. The molecule has 0 spiro atoms. The molecule has 0 aromatic rings. The van der Waals surface area contributed by atoms with Gasteiger partial charge in [-0.15, -0.1) is 0 Å². The van der Waals surface area contributed by atoms with Crippen LogP contribution >= 0.6 is 0 Å². The molecule has 0 amide bonds. The Bertz CT molecular complexity index is 182. The van der Waals surface area contributed by atoms with E-state index in [1.54, 1.807) is 0 Å². The van der Waals surface area contributed by atoms with E-state index in [1.165, 1.54) is 38.9 Å². The number of nitrogens with zero attached hydrogens (tertiary/aromatic N) is 2. The highest BCUT2D eigenvalue weighted by molar-refractivity contribution is 4.81. The van der Waals surface area contributed by atoms with Crippen LogP contribution in [-0.4, -0.2) is 62.2 Å². The molecule has 1 rings (SSSR count). The summed E-state index contributed by atoms with van der Waals surface area (Å²) in [5.41, 5.74) is 0. The quantitative estimate of drug-likeness (QED) is 0.709. The van der Waals surface area contributed by atoms with E-state index in [1.807, 2.05) is 0 Å². The average Bonchev–Trinajstić information content (AvgIpc) is 2.64. The highest BCUT2D eigenvalue weighted by atomic mass is 15.2. The van der Waals surface area contributed by atoms with Crippen molar-refractivity contribution in [3.63, 3.8) is 0 Å². The summed E-state index contributed by atoms with van der Waals surface area (Å²) < 4.78 is 0. The third-order valence-electron chi connectivity index (χ3n) is 3.58.